The fourth-order valence-corrected chi connectivity index (χ4v) is 4.80. The average molecular weight is 439 g/mol. The highest BCUT2D eigenvalue weighted by atomic mass is 15.3. The monoisotopic (exact) mass is 438 g/mol. The van der Waals surface area contributed by atoms with Crippen molar-refractivity contribution in [2.24, 2.45) is 0 Å². The van der Waals surface area contributed by atoms with Crippen molar-refractivity contribution in [1.29, 1.82) is 0 Å². The van der Waals surface area contributed by atoms with E-state index in [0.29, 0.717) is 0 Å². The van der Waals surface area contributed by atoms with E-state index in [1.807, 2.05) is 0 Å². The summed E-state index contributed by atoms with van der Waals surface area (Å²) in [5.74, 6) is 0. The zero-order valence-corrected chi connectivity index (χ0v) is 22.0. The smallest absolute Gasteiger partial charge is 0.132 e. The van der Waals surface area contributed by atoms with Crippen LogP contribution in [-0.2, 0) is 0 Å². The molecule has 0 N–H and O–H groups in total. The topological polar surface area (TPSA) is 0 Å². The van der Waals surface area contributed by atoms with Gasteiger partial charge in [0.25, 0.3) is 0 Å². The van der Waals surface area contributed by atoms with Crippen LogP contribution in [0.15, 0.2) is 48.5 Å². The maximum Gasteiger partial charge on any atom is 0.132 e. The molecule has 0 unspecified atom stereocenters. The zero-order chi connectivity index (χ0) is 23.5. The minimum Gasteiger partial charge on any atom is -0.294 e. The molecule has 0 aliphatic carbocycles. The van der Waals surface area contributed by atoms with E-state index in [-0.39, 0.29) is 0 Å². The van der Waals surface area contributed by atoms with Crippen molar-refractivity contribution in [3.63, 3.8) is 0 Å². The van der Waals surface area contributed by atoms with Gasteiger partial charge < -0.3 is 0 Å². The standard InChI is InChI=1S/C30H50N2/c1-7-11-23-31(5,24-12-8-2)29-19-15-27(16-20-29)28-17-21-30(22-18-28)32(6,25-13-9-3)26-14-10-4/h15-22H,7-14,23-26H2,1-6H3/q+2. The molecule has 2 nitrogen and oxygen atoms in total. The first kappa shape index (κ1) is 26.6. The van der Waals surface area contributed by atoms with Crippen molar-refractivity contribution < 1.29 is 0 Å². The molecule has 0 aliphatic heterocycles. The van der Waals surface area contributed by atoms with Crippen LogP contribution in [0.3, 0.4) is 0 Å². The molecule has 0 bridgehead atoms. The van der Waals surface area contributed by atoms with Gasteiger partial charge in [-0.1, -0.05) is 53.4 Å². The van der Waals surface area contributed by atoms with E-state index in [0.717, 1.165) is 8.97 Å². The second-order valence-electron chi connectivity index (χ2n) is 10.2. The van der Waals surface area contributed by atoms with Crippen LogP contribution in [0.2, 0.25) is 0 Å². The summed E-state index contributed by atoms with van der Waals surface area (Å²) in [7, 11) is 4.83. The molecule has 0 heterocycles. The fraction of sp³-hybridized carbons (Fsp3) is 0.600. The Morgan fingerprint density at radius 2 is 0.688 bits per heavy atom. The maximum atomic E-state index is 2.42. The molecule has 0 saturated heterocycles. The van der Waals surface area contributed by atoms with Crippen LogP contribution in [0.1, 0.15) is 79.1 Å². The van der Waals surface area contributed by atoms with Crippen LogP contribution in [0.25, 0.3) is 11.1 Å². The molecule has 2 aromatic carbocycles. The third-order valence-electron chi connectivity index (χ3n) is 7.34. The van der Waals surface area contributed by atoms with Crippen molar-refractivity contribution >= 4 is 11.4 Å². The number of hydrogen-bond donors (Lipinski definition) is 0. The largest absolute Gasteiger partial charge is 0.294 e. The van der Waals surface area contributed by atoms with Crippen LogP contribution in [0.4, 0.5) is 11.4 Å². The summed E-state index contributed by atoms with van der Waals surface area (Å²) in [6.07, 6.45) is 10.2. The number of rotatable bonds is 15. The highest BCUT2D eigenvalue weighted by Gasteiger charge is 2.25. The lowest BCUT2D eigenvalue weighted by atomic mass is 10.0. The first-order valence-corrected chi connectivity index (χ1v) is 13.3. The molecular weight excluding hydrogens is 388 g/mol. The summed E-state index contributed by atoms with van der Waals surface area (Å²) in [6.45, 7) is 14.1. The SMILES string of the molecule is CCCC[N+](C)(CCCC)c1ccc(-c2ccc([N+](C)(CCCC)CCCC)cc2)cc1. The quantitative estimate of drug-likeness (QED) is 0.245. The minimum atomic E-state index is 1.06. The van der Waals surface area contributed by atoms with Gasteiger partial charge in [-0.3, -0.25) is 8.97 Å². The number of unbranched alkanes of at least 4 members (excludes halogenated alkanes) is 4. The molecule has 0 amide bonds. The molecule has 0 saturated carbocycles. The Morgan fingerprint density at radius 3 is 0.906 bits per heavy atom. The maximum absolute atomic E-state index is 2.42. The number of benzene rings is 2. The zero-order valence-electron chi connectivity index (χ0n) is 22.0. The molecule has 2 aromatic rings. The normalized spacial score (nSPS) is 12.3. The molecule has 0 spiro atoms. The minimum absolute atomic E-state index is 1.06. The second-order valence-corrected chi connectivity index (χ2v) is 10.2. The highest BCUT2D eigenvalue weighted by Crippen LogP contribution is 2.30. The van der Waals surface area contributed by atoms with Gasteiger partial charge in [0.05, 0.1) is 40.3 Å². The van der Waals surface area contributed by atoms with E-state index in [1.54, 1.807) is 0 Å². The summed E-state index contributed by atoms with van der Waals surface area (Å²) < 4.78 is 2.12. The van der Waals surface area contributed by atoms with Crippen LogP contribution < -0.4 is 8.97 Å². The van der Waals surface area contributed by atoms with E-state index < -0.39 is 0 Å². The van der Waals surface area contributed by atoms with Crippen molar-refractivity contribution in [3.8, 4) is 11.1 Å². The van der Waals surface area contributed by atoms with E-state index in [1.165, 1.54) is 100 Å². The molecule has 0 radical (unpaired) electrons. The molecule has 0 aliphatic rings. The lowest BCUT2D eigenvalue weighted by Crippen LogP contribution is -2.46. The molecule has 32 heavy (non-hydrogen) atoms. The predicted molar refractivity (Wildman–Crippen MR) is 146 cm³/mol. The number of quaternary nitrogens is 2. The van der Waals surface area contributed by atoms with Crippen molar-refractivity contribution in [2.75, 3.05) is 40.3 Å². The van der Waals surface area contributed by atoms with Gasteiger partial charge in [-0.2, -0.15) is 0 Å². The van der Waals surface area contributed by atoms with E-state index >= 15 is 0 Å². The highest BCUT2D eigenvalue weighted by molar-refractivity contribution is 5.67. The third-order valence-corrected chi connectivity index (χ3v) is 7.34. The van der Waals surface area contributed by atoms with Gasteiger partial charge in [0.2, 0.25) is 0 Å². The van der Waals surface area contributed by atoms with Crippen LogP contribution >= 0.6 is 0 Å². The molecule has 2 heteroatoms. The van der Waals surface area contributed by atoms with Crippen LogP contribution in [0.5, 0.6) is 0 Å². The predicted octanol–water partition coefficient (Wildman–Crippen LogP) is 8.43. The Balaban J connectivity index is 2.21. The average Bonchev–Trinajstić information content (AvgIpc) is 2.84. The Hall–Kier alpha value is -1.64. The third kappa shape index (κ3) is 7.18. The van der Waals surface area contributed by atoms with Crippen molar-refractivity contribution in [1.82, 2.24) is 8.97 Å². The van der Waals surface area contributed by atoms with Gasteiger partial charge >= 0.3 is 0 Å². The van der Waals surface area contributed by atoms with Gasteiger partial charge in [-0.05, 0) is 85.3 Å². The lowest BCUT2D eigenvalue weighted by molar-refractivity contribution is 0.317. The van der Waals surface area contributed by atoms with E-state index in [2.05, 4.69) is 90.3 Å². The Bertz CT molecular complexity index is 677. The molecule has 0 aromatic heterocycles. The number of nitrogens with zero attached hydrogens (tertiary/aromatic N) is 2. The van der Waals surface area contributed by atoms with Crippen LogP contribution in [-0.4, -0.2) is 40.3 Å². The number of hydrogen-bond acceptors (Lipinski definition) is 0. The summed E-state index contributed by atoms with van der Waals surface area (Å²) in [6, 6.07) is 18.8. The molecule has 0 fully saturated rings. The molecule has 0 atom stereocenters. The van der Waals surface area contributed by atoms with Gasteiger partial charge in [-0.25, -0.2) is 0 Å². The summed E-state index contributed by atoms with van der Waals surface area (Å²) in [5.41, 5.74) is 5.56. The fourth-order valence-electron chi connectivity index (χ4n) is 4.80. The van der Waals surface area contributed by atoms with Gasteiger partial charge in [0, 0.05) is 0 Å². The molecular formula is C30H50N2+2. The summed E-state index contributed by atoms with van der Waals surface area (Å²) in [4.78, 5) is 0. The molecule has 178 valence electrons. The summed E-state index contributed by atoms with van der Waals surface area (Å²) in [5, 5.41) is 0. The van der Waals surface area contributed by atoms with Gasteiger partial charge in [0.1, 0.15) is 11.4 Å². The van der Waals surface area contributed by atoms with Crippen molar-refractivity contribution in [2.45, 2.75) is 79.1 Å². The van der Waals surface area contributed by atoms with E-state index in [9.17, 15) is 0 Å². The first-order chi connectivity index (χ1) is 15.4. The summed E-state index contributed by atoms with van der Waals surface area (Å²) >= 11 is 0. The lowest BCUT2D eigenvalue weighted by Gasteiger charge is -2.34. The second kappa shape index (κ2) is 13.2. The first-order valence-electron chi connectivity index (χ1n) is 13.3. The molecule has 2 rings (SSSR count). The Morgan fingerprint density at radius 1 is 0.438 bits per heavy atom. The van der Waals surface area contributed by atoms with Crippen molar-refractivity contribution in [3.05, 3.63) is 48.5 Å². The Kier molecular flexibility index (Phi) is 10.9. The Labute approximate surface area is 199 Å². The van der Waals surface area contributed by atoms with Gasteiger partial charge in [0.15, 0.2) is 0 Å². The van der Waals surface area contributed by atoms with Crippen LogP contribution in [0, 0.1) is 0 Å². The van der Waals surface area contributed by atoms with Gasteiger partial charge in [-0.15, -0.1) is 0 Å². The van der Waals surface area contributed by atoms with E-state index in [4.69, 9.17) is 0 Å².